The molecule has 3 rings (SSSR count). The van der Waals surface area contributed by atoms with Crippen LogP contribution in [-0.4, -0.2) is 34.1 Å². The molecule has 0 N–H and O–H groups in total. The molecule has 6 heteroatoms. The monoisotopic (exact) mass is 365 g/mol. The quantitative estimate of drug-likeness (QED) is 0.658. The molecule has 0 bridgehead atoms. The second kappa shape index (κ2) is 8.03. The Labute approximate surface area is 158 Å². The van der Waals surface area contributed by atoms with E-state index in [4.69, 9.17) is 9.26 Å². The third-order valence-corrected chi connectivity index (χ3v) is 4.25. The smallest absolute Gasteiger partial charge is 0.254 e. The normalized spacial score (nSPS) is 10.9. The van der Waals surface area contributed by atoms with Crippen LogP contribution in [0.1, 0.15) is 35.7 Å². The number of rotatable bonds is 6. The van der Waals surface area contributed by atoms with Crippen LogP contribution in [-0.2, 0) is 6.54 Å². The minimum Gasteiger partial charge on any atom is -0.497 e. The number of carbonyl (C=O) groups excluding carboxylic acids is 1. The Kier molecular flexibility index (Phi) is 5.54. The maximum Gasteiger partial charge on any atom is 0.254 e. The first kappa shape index (κ1) is 18.6. The van der Waals surface area contributed by atoms with E-state index >= 15 is 0 Å². The third-order valence-electron chi connectivity index (χ3n) is 4.25. The van der Waals surface area contributed by atoms with Gasteiger partial charge in [-0.1, -0.05) is 35.0 Å². The molecule has 27 heavy (non-hydrogen) atoms. The summed E-state index contributed by atoms with van der Waals surface area (Å²) in [5.41, 5.74) is 2.57. The van der Waals surface area contributed by atoms with Crippen molar-refractivity contribution in [2.75, 3.05) is 7.11 Å². The summed E-state index contributed by atoms with van der Waals surface area (Å²) in [5, 5.41) is 4.06. The second-order valence-corrected chi connectivity index (χ2v) is 6.64. The van der Waals surface area contributed by atoms with Crippen LogP contribution in [0.2, 0.25) is 0 Å². The van der Waals surface area contributed by atoms with Crippen LogP contribution in [0.5, 0.6) is 5.75 Å². The fourth-order valence-electron chi connectivity index (χ4n) is 2.78. The first-order valence-electron chi connectivity index (χ1n) is 8.82. The van der Waals surface area contributed by atoms with E-state index in [2.05, 4.69) is 10.1 Å². The summed E-state index contributed by atoms with van der Waals surface area (Å²) in [5.74, 6) is 1.45. The number of aryl methyl sites for hydroxylation is 1. The Hall–Kier alpha value is -3.15. The van der Waals surface area contributed by atoms with E-state index in [1.54, 1.807) is 30.2 Å². The Morgan fingerprint density at radius 1 is 1.19 bits per heavy atom. The van der Waals surface area contributed by atoms with Gasteiger partial charge in [0.15, 0.2) is 0 Å². The van der Waals surface area contributed by atoms with Gasteiger partial charge in [-0.05, 0) is 45.0 Å². The van der Waals surface area contributed by atoms with Gasteiger partial charge in [-0.25, -0.2) is 0 Å². The van der Waals surface area contributed by atoms with Crippen molar-refractivity contribution in [3.63, 3.8) is 0 Å². The maximum atomic E-state index is 13.0. The Morgan fingerprint density at radius 2 is 1.96 bits per heavy atom. The molecule has 0 unspecified atom stereocenters. The van der Waals surface area contributed by atoms with Crippen molar-refractivity contribution in [2.45, 2.75) is 33.4 Å². The molecule has 0 fully saturated rings. The third kappa shape index (κ3) is 4.34. The van der Waals surface area contributed by atoms with Crippen LogP contribution in [0.4, 0.5) is 0 Å². The fourth-order valence-corrected chi connectivity index (χ4v) is 2.78. The number of ether oxygens (including phenoxy) is 1. The lowest BCUT2D eigenvalue weighted by Gasteiger charge is -2.25. The summed E-state index contributed by atoms with van der Waals surface area (Å²) in [6.07, 6.45) is 0. The van der Waals surface area contributed by atoms with Crippen molar-refractivity contribution in [3.8, 4) is 17.1 Å². The number of aromatic nitrogens is 2. The van der Waals surface area contributed by atoms with E-state index in [0.717, 1.165) is 11.1 Å². The number of amides is 1. The summed E-state index contributed by atoms with van der Waals surface area (Å²) in [6, 6.07) is 15.0. The van der Waals surface area contributed by atoms with E-state index in [9.17, 15) is 4.79 Å². The van der Waals surface area contributed by atoms with E-state index in [0.29, 0.717) is 23.0 Å². The van der Waals surface area contributed by atoms with Gasteiger partial charge in [0.2, 0.25) is 11.7 Å². The summed E-state index contributed by atoms with van der Waals surface area (Å²) in [7, 11) is 1.58. The second-order valence-electron chi connectivity index (χ2n) is 6.64. The van der Waals surface area contributed by atoms with Crippen LogP contribution >= 0.6 is 0 Å². The van der Waals surface area contributed by atoms with E-state index in [1.165, 1.54) is 0 Å². The lowest BCUT2D eigenvalue weighted by Crippen LogP contribution is -2.36. The first-order chi connectivity index (χ1) is 13.0. The van der Waals surface area contributed by atoms with E-state index in [1.807, 2.05) is 51.1 Å². The van der Waals surface area contributed by atoms with Crippen LogP contribution in [0, 0.1) is 6.92 Å². The van der Waals surface area contributed by atoms with Crippen LogP contribution in [0.25, 0.3) is 11.4 Å². The fraction of sp³-hybridized carbons (Fsp3) is 0.286. The van der Waals surface area contributed by atoms with Gasteiger partial charge in [0.05, 0.1) is 7.11 Å². The Balaban J connectivity index is 1.81. The summed E-state index contributed by atoms with van der Waals surface area (Å²) in [4.78, 5) is 19.1. The summed E-state index contributed by atoms with van der Waals surface area (Å²) < 4.78 is 10.6. The van der Waals surface area contributed by atoms with Crippen molar-refractivity contribution in [3.05, 3.63) is 65.5 Å². The standard InChI is InChI=1S/C21H23N3O3/c1-14(2)24(21(25)17-9-6-10-18(12-17)26-4)13-19-22-20(23-27-19)16-8-5-7-15(3)11-16/h5-12,14H,13H2,1-4H3. The highest BCUT2D eigenvalue weighted by atomic mass is 16.5. The molecule has 0 aliphatic rings. The summed E-state index contributed by atoms with van der Waals surface area (Å²) in [6.45, 7) is 6.16. The number of hydrogen-bond donors (Lipinski definition) is 0. The molecule has 0 saturated heterocycles. The molecule has 0 aliphatic heterocycles. The lowest BCUT2D eigenvalue weighted by atomic mass is 10.1. The zero-order valence-corrected chi connectivity index (χ0v) is 16.0. The molecular weight excluding hydrogens is 342 g/mol. The van der Waals surface area contributed by atoms with Crippen LogP contribution in [0.15, 0.2) is 53.1 Å². The maximum absolute atomic E-state index is 13.0. The largest absolute Gasteiger partial charge is 0.497 e. The highest BCUT2D eigenvalue weighted by Gasteiger charge is 2.22. The van der Waals surface area contributed by atoms with Gasteiger partial charge in [-0.3, -0.25) is 4.79 Å². The van der Waals surface area contributed by atoms with Gasteiger partial charge < -0.3 is 14.2 Å². The van der Waals surface area contributed by atoms with Gasteiger partial charge in [0, 0.05) is 17.2 Å². The Bertz CT molecular complexity index is 934. The minimum atomic E-state index is -0.112. The van der Waals surface area contributed by atoms with Crippen LogP contribution < -0.4 is 4.74 Å². The van der Waals surface area contributed by atoms with E-state index in [-0.39, 0.29) is 18.5 Å². The van der Waals surface area contributed by atoms with Gasteiger partial charge in [-0.15, -0.1) is 0 Å². The zero-order chi connectivity index (χ0) is 19.4. The molecule has 6 nitrogen and oxygen atoms in total. The van der Waals surface area contributed by atoms with Gasteiger partial charge in [0.1, 0.15) is 12.3 Å². The molecule has 1 heterocycles. The molecule has 0 atom stereocenters. The van der Waals surface area contributed by atoms with Crippen molar-refractivity contribution in [2.24, 2.45) is 0 Å². The van der Waals surface area contributed by atoms with Crippen molar-refractivity contribution >= 4 is 5.91 Å². The molecule has 3 aromatic rings. The highest BCUT2D eigenvalue weighted by molar-refractivity contribution is 5.94. The lowest BCUT2D eigenvalue weighted by molar-refractivity contribution is 0.0667. The highest BCUT2D eigenvalue weighted by Crippen LogP contribution is 2.20. The van der Waals surface area contributed by atoms with Crippen LogP contribution in [0.3, 0.4) is 0 Å². The molecule has 1 amide bonds. The topological polar surface area (TPSA) is 68.5 Å². The average molecular weight is 365 g/mol. The molecule has 0 radical (unpaired) electrons. The van der Waals surface area contributed by atoms with Gasteiger partial charge in [-0.2, -0.15) is 4.98 Å². The Morgan fingerprint density at radius 3 is 2.67 bits per heavy atom. The number of nitrogens with zero attached hydrogens (tertiary/aromatic N) is 3. The van der Waals surface area contributed by atoms with E-state index < -0.39 is 0 Å². The predicted molar refractivity (Wildman–Crippen MR) is 102 cm³/mol. The number of benzene rings is 2. The SMILES string of the molecule is COc1cccc(C(=O)N(Cc2nc(-c3cccc(C)c3)no2)C(C)C)c1. The average Bonchev–Trinajstić information content (AvgIpc) is 3.14. The molecule has 1 aromatic heterocycles. The molecule has 2 aromatic carbocycles. The summed E-state index contributed by atoms with van der Waals surface area (Å²) >= 11 is 0. The first-order valence-corrected chi connectivity index (χ1v) is 8.82. The number of methoxy groups -OCH3 is 1. The van der Waals surface area contributed by atoms with Crippen molar-refractivity contribution < 1.29 is 14.1 Å². The molecule has 0 saturated carbocycles. The van der Waals surface area contributed by atoms with Gasteiger partial charge in [0.25, 0.3) is 5.91 Å². The minimum absolute atomic E-state index is 0.0296. The number of hydrogen-bond acceptors (Lipinski definition) is 5. The van der Waals surface area contributed by atoms with Gasteiger partial charge >= 0.3 is 0 Å². The van der Waals surface area contributed by atoms with Crippen molar-refractivity contribution in [1.29, 1.82) is 0 Å². The van der Waals surface area contributed by atoms with Crippen molar-refractivity contribution in [1.82, 2.24) is 15.0 Å². The number of carbonyl (C=O) groups is 1. The molecular formula is C21H23N3O3. The molecule has 0 aliphatic carbocycles. The zero-order valence-electron chi connectivity index (χ0n) is 16.0. The molecule has 140 valence electrons. The molecule has 0 spiro atoms. The predicted octanol–water partition coefficient (Wildman–Crippen LogP) is 4.10.